The lowest BCUT2D eigenvalue weighted by molar-refractivity contribution is -0.138. The summed E-state index contributed by atoms with van der Waals surface area (Å²) in [4.78, 5) is 25.7. The fraction of sp³-hybridized carbons (Fsp3) is 0.333. The highest BCUT2D eigenvalue weighted by Gasteiger charge is 2.26. The number of nitrogens with zero attached hydrogens (tertiary/aromatic N) is 1. The van der Waals surface area contributed by atoms with Gasteiger partial charge in [0.1, 0.15) is 17.2 Å². The van der Waals surface area contributed by atoms with Gasteiger partial charge in [-0.05, 0) is 35.8 Å². The van der Waals surface area contributed by atoms with E-state index < -0.39 is 29.0 Å². The quantitative estimate of drug-likeness (QED) is 0.198. The maximum absolute atomic E-state index is 14.2. The number of Topliss-reactive ketones (excluding diaryl/α,β-unsaturated/α-hetero) is 1. The molecule has 7 heteroatoms. The maximum Gasteiger partial charge on any atom is 0.343 e. The van der Waals surface area contributed by atoms with Crippen molar-refractivity contribution < 1.29 is 23.1 Å². The van der Waals surface area contributed by atoms with E-state index in [1.165, 1.54) is 18.0 Å². The van der Waals surface area contributed by atoms with Gasteiger partial charge in [0, 0.05) is 25.9 Å². The van der Waals surface area contributed by atoms with E-state index in [0.717, 1.165) is 6.07 Å². The fourth-order valence-electron chi connectivity index (χ4n) is 1.71. The van der Waals surface area contributed by atoms with Gasteiger partial charge < -0.3 is 9.64 Å². The molecule has 120 valence electrons. The topological polar surface area (TPSA) is 46.6 Å². The number of carbonyl (C=O) groups excluding carboxylic acids is 2. The Labute approximate surface area is 135 Å². The third-order valence-corrected chi connectivity index (χ3v) is 3.72. The van der Waals surface area contributed by atoms with Crippen molar-refractivity contribution in [3.8, 4) is 0 Å². The van der Waals surface area contributed by atoms with E-state index in [1.54, 1.807) is 21.0 Å². The third kappa shape index (κ3) is 3.91. The summed E-state index contributed by atoms with van der Waals surface area (Å²) in [7, 11) is 3.19. The highest BCUT2D eigenvalue weighted by Crippen LogP contribution is 2.27. The number of carbonyl (C=O) groups is 2. The van der Waals surface area contributed by atoms with Crippen LogP contribution in [0.25, 0.3) is 0 Å². The minimum absolute atomic E-state index is 0.0450. The van der Waals surface area contributed by atoms with Crippen molar-refractivity contribution in [3.63, 3.8) is 0 Å². The molecule has 0 unspecified atom stereocenters. The first-order valence-electron chi connectivity index (χ1n) is 6.44. The zero-order chi connectivity index (χ0) is 17.0. The lowest BCUT2D eigenvalue weighted by Crippen LogP contribution is -2.20. The summed E-state index contributed by atoms with van der Waals surface area (Å²) < 4.78 is 32.7. The van der Waals surface area contributed by atoms with Gasteiger partial charge in [-0.15, -0.1) is 0 Å². The summed E-state index contributed by atoms with van der Waals surface area (Å²) in [6, 6.07) is 0.761. The first-order chi connectivity index (χ1) is 10.2. The van der Waals surface area contributed by atoms with Crippen LogP contribution in [-0.2, 0) is 9.53 Å². The van der Waals surface area contributed by atoms with Crippen LogP contribution in [0, 0.1) is 18.6 Å². The van der Waals surface area contributed by atoms with Crippen LogP contribution in [0.5, 0.6) is 0 Å². The van der Waals surface area contributed by atoms with Gasteiger partial charge in [0.25, 0.3) is 0 Å². The van der Waals surface area contributed by atoms with Crippen LogP contribution in [0.3, 0.4) is 0 Å². The van der Waals surface area contributed by atoms with Gasteiger partial charge >= 0.3 is 5.97 Å². The van der Waals surface area contributed by atoms with Gasteiger partial charge in [-0.2, -0.15) is 0 Å². The Morgan fingerprint density at radius 1 is 1.36 bits per heavy atom. The van der Waals surface area contributed by atoms with E-state index >= 15 is 0 Å². The van der Waals surface area contributed by atoms with Crippen molar-refractivity contribution in [1.29, 1.82) is 0 Å². The molecule has 0 radical (unpaired) electrons. The molecule has 0 spiro atoms. The summed E-state index contributed by atoms with van der Waals surface area (Å²) in [5.41, 5.74) is -0.928. The third-order valence-electron chi connectivity index (χ3n) is 2.75. The number of benzene rings is 1. The normalized spacial score (nSPS) is 11.3. The van der Waals surface area contributed by atoms with Crippen molar-refractivity contribution >= 4 is 27.7 Å². The zero-order valence-corrected chi connectivity index (χ0v) is 14.3. The molecule has 0 amide bonds. The molecule has 0 saturated carbocycles. The molecule has 1 rings (SSSR count). The maximum atomic E-state index is 14.2. The van der Waals surface area contributed by atoms with E-state index in [1.807, 2.05) is 0 Å². The summed E-state index contributed by atoms with van der Waals surface area (Å²) >= 11 is 2.90. The van der Waals surface area contributed by atoms with E-state index in [4.69, 9.17) is 4.74 Å². The zero-order valence-electron chi connectivity index (χ0n) is 12.7. The summed E-state index contributed by atoms with van der Waals surface area (Å²) in [6.07, 6.45) is 1.22. The minimum Gasteiger partial charge on any atom is -0.462 e. The Kier molecular flexibility index (Phi) is 6.22. The van der Waals surface area contributed by atoms with Gasteiger partial charge in [0.2, 0.25) is 5.78 Å². The van der Waals surface area contributed by atoms with Crippen LogP contribution in [0.4, 0.5) is 8.78 Å². The Bertz CT molecular complexity index is 642. The first kappa shape index (κ1) is 18.3. The molecule has 0 aliphatic heterocycles. The van der Waals surface area contributed by atoms with Crippen LogP contribution in [0.1, 0.15) is 22.8 Å². The van der Waals surface area contributed by atoms with Crippen LogP contribution in [-0.4, -0.2) is 37.4 Å². The van der Waals surface area contributed by atoms with Crippen molar-refractivity contribution in [2.75, 3.05) is 20.7 Å². The number of hydrogen-bond donors (Lipinski definition) is 0. The average Bonchev–Trinajstić information content (AvgIpc) is 2.45. The van der Waals surface area contributed by atoms with Crippen molar-refractivity contribution in [2.45, 2.75) is 13.8 Å². The largest absolute Gasteiger partial charge is 0.462 e. The smallest absolute Gasteiger partial charge is 0.343 e. The fourth-order valence-corrected chi connectivity index (χ4v) is 2.00. The number of hydrogen-bond acceptors (Lipinski definition) is 4. The number of rotatable bonds is 5. The Morgan fingerprint density at radius 2 is 1.95 bits per heavy atom. The number of halogens is 3. The predicted octanol–water partition coefficient (Wildman–Crippen LogP) is 3.23. The second kappa shape index (κ2) is 7.49. The number of esters is 1. The molecule has 0 aliphatic rings. The molecule has 0 heterocycles. The molecule has 0 aliphatic carbocycles. The van der Waals surface area contributed by atoms with Crippen molar-refractivity contribution in [3.05, 3.63) is 45.1 Å². The monoisotopic (exact) mass is 375 g/mol. The molecule has 4 nitrogen and oxygen atoms in total. The molecule has 0 N–H and O–H groups in total. The molecule has 0 fully saturated rings. The molecule has 0 saturated heterocycles. The van der Waals surface area contributed by atoms with Crippen molar-refractivity contribution in [1.82, 2.24) is 4.90 Å². The molecular weight excluding hydrogens is 360 g/mol. The van der Waals surface area contributed by atoms with Gasteiger partial charge in [0.15, 0.2) is 0 Å². The Balaban J connectivity index is 3.41. The standard InChI is InChI=1S/C15H16BrF2NO3/c1-5-22-15(21)10(7-19(3)4)14(20)9-6-11(17)12(16)8(2)13(9)18/h6-7H,5H2,1-4H3/b10-7-. The highest BCUT2D eigenvalue weighted by molar-refractivity contribution is 9.10. The molecule has 22 heavy (non-hydrogen) atoms. The minimum atomic E-state index is -0.931. The molecule has 1 aromatic carbocycles. The van der Waals surface area contributed by atoms with E-state index in [0.29, 0.717) is 0 Å². The van der Waals surface area contributed by atoms with E-state index in [9.17, 15) is 18.4 Å². The molecular formula is C15H16BrF2NO3. The van der Waals surface area contributed by atoms with Crippen molar-refractivity contribution in [2.24, 2.45) is 0 Å². The van der Waals surface area contributed by atoms with Crippen LogP contribution in [0.15, 0.2) is 22.3 Å². The molecule has 1 aromatic rings. The van der Waals surface area contributed by atoms with Crippen LogP contribution in [0.2, 0.25) is 0 Å². The highest BCUT2D eigenvalue weighted by atomic mass is 79.9. The van der Waals surface area contributed by atoms with E-state index in [-0.39, 0.29) is 22.2 Å². The SMILES string of the molecule is CCOC(=O)/C(=C\N(C)C)C(=O)c1cc(F)c(Br)c(C)c1F. The van der Waals surface area contributed by atoms with Gasteiger partial charge in [0.05, 0.1) is 16.6 Å². The number of ether oxygens (including phenoxy) is 1. The molecule has 0 aromatic heterocycles. The summed E-state index contributed by atoms with van der Waals surface area (Å²) in [5, 5.41) is 0. The van der Waals surface area contributed by atoms with Gasteiger partial charge in [-0.25, -0.2) is 13.6 Å². The van der Waals surface area contributed by atoms with Crippen LogP contribution >= 0.6 is 15.9 Å². The summed E-state index contributed by atoms with van der Waals surface area (Å²) in [6.45, 7) is 2.98. The molecule has 0 atom stereocenters. The molecule has 0 bridgehead atoms. The summed E-state index contributed by atoms with van der Waals surface area (Å²) in [5.74, 6) is -3.48. The number of ketones is 1. The lowest BCUT2D eigenvalue weighted by atomic mass is 10.0. The second-order valence-electron chi connectivity index (χ2n) is 4.71. The first-order valence-corrected chi connectivity index (χ1v) is 7.24. The lowest BCUT2D eigenvalue weighted by Gasteiger charge is -2.12. The van der Waals surface area contributed by atoms with Gasteiger partial charge in [-0.3, -0.25) is 4.79 Å². The van der Waals surface area contributed by atoms with Gasteiger partial charge in [-0.1, -0.05) is 0 Å². The predicted molar refractivity (Wildman–Crippen MR) is 81.5 cm³/mol. The van der Waals surface area contributed by atoms with Crippen LogP contribution < -0.4 is 0 Å². The van der Waals surface area contributed by atoms with E-state index in [2.05, 4.69) is 15.9 Å². The average molecular weight is 376 g/mol. The Morgan fingerprint density at radius 3 is 2.45 bits per heavy atom. The Hall–Kier alpha value is -1.76. The second-order valence-corrected chi connectivity index (χ2v) is 5.51.